The van der Waals surface area contributed by atoms with Crippen LogP contribution in [0.15, 0.2) is 12.1 Å². The summed E-state index contributed by atoms with van der Waals surface area (Å²) < 4.78 is 5.36. The summed E-state index contributed by atoms with van der Waals surface area (Å²) in [5.74, 6) is -1.43. The Morgan fingerprint density at radius 3 is 2.52 bits per heavy atom. The molecule has 1 rings (SSSR count). The largest absolute Gasteiger partial charge is 0.493 e. The summed E-state index contributed by atoms with van der Waals surface area (Å²) in [7, 11) is 0. The van der Waals surface area contributed by atoms with Gasteiger partial charge in [0.2, 0.25) is 0 Å². The first-order chi connectivity index (χ1) is 9.75. The highest BCUT2D eigenvalue weighted by Gasteiger charge is 2.33. The van der Waals surface area contributed by atoms with Crippen molar-refractivity contribution in [2.24, 2.45) is 0 Å². The molecule has 4 N–H and O–H groups in total. The molecule has 0 radical (unpaired) electrons. The predicted molar refractivity (Wildman–Crippen MR) is 80.8 cm³/mol. The van der Waals surface area contributed by atoms with Crippen LogP contribution in [0.25, 0.3) is 0 Å². The number of nitrogens with one attached hydrogen (secondary N) is 1. The summed E-state index contributed by atoms with van der Waals surface area (Å²) in [4.78, 5) is 23.6. The lowest BCUT2D eigenvalue weighted by Gasteiger charge is -2.25. The molecule has 0 saturated heterocycles. The van der Waals surface area contributed by atoms with Gasteiger partial charge in [0.1, 0.15) is 11.3 Å². The fourth-order valence-electron chi connectivity index (χ4n) is 1.63. The third kappa shape index (κ3) is 3.78. The quantitative estimate of drug-likeness (QED) is 0.699. The van der Waals surface area contributed by atoms with E-state index in [1.807, 2.05) is 0 Å². The van der Waals surface area contributed by atoms with Crippen LogP contribution in [0.1, 0.15) is 37.6 Å². The zero-order valence-corrected chi connectivity index (χ0v) is 13.0. The maximum atomic E-state index is 12.3. The lowest BCUT2D eigenvalue weighted by molar-refractivity contribution is -0.143. The van der Waals surface area contributed by atoms with Crippen LogP contribution in [0.4, 0.5) is 5.69 Å². The van der Waals surface area contributed by atoms with Crippen LogP contribution in [-0.2, 0) is 4.79 Å². The van der Waals surface area contributed by atoms with Crippen LogP contribution in [-0.4, -0.2) is 29.1 Å². The van der Waals surface area contributed by atoms with Gasteiger partial charge in [-0.25, -0.2) is 4.79 Å². The molecule has 0 aliphatic carbocycles. The van der Waals surface area contributed by atoms with Crippen LogP contribution in [0.2, 0.25) is 5.02 Å². The van der Waals surface area contributed by atoms with Crippen LogP contribution in [0.3, 0.4) is 0 Å². The Balaban J connectivity index is 3.17. The fourth-order valence-corrected chi connectivity index (χ4v) is 1.80. The number of amides is 1. The molecular formula is C14H19ClN2O4. The molecule has 0 bridgehead atoms. The minimum Gasteiger partial charge on any atom is -0.493 e. The molecule has 1 aromatic rings. The van der Waals surface area contributed by atoms with E-state index in [0.717, 1.165) is 0 Å². The van der Waals surface area contributed by atoms with Crippen molar-refractivity contribution in [3.63, 3.8) is 0 Å². The smallest absolute Gasteiger partial charge is 0.329 e. The SMILES string of the molecule is CCOc1cc(N)c(Cl)cc1C(=O)N[C@@](C)(CC)C(=O)O. The molecule has 0 aliphatic heterocycles. The number of hydrogen-bond acceptors (Lipinski definition) is 4. The van der Waals surface area contributed by atoms with E-state index in [0.29, 0.717) is 6.61 Å². The molecule has 1 atom stereocenters. The van der Waals surface area contributed by atoms with Gasteiger partial charge in [0, 0.05) is 6.07 Å². The van der Waals surface area contributed by atoms with Gasteiger partial charge in [-0.1, -0.05) is 18.5 Å². The van der Waals surface area contributed by atoms with Crippen molar-refractivity contribution in [2.75, 3.05) is 12.3 Å². The molecule has 0 saturated carbocycles. The second-order valence-electron chi connectivity index (χ2n) is 4.75. The molecule has 116 valence electrons. The van der Waals surface area contributed by atoms with E-state index in [9.17, 15) is 14.7 Å². The Labute approximate surface area is 128 Å². The zero-order chi connectivity index (χ0) is 16.2. The van der Waals surface area contributed by atoms with E-state index in [1.165, 1.54) is 19.1 Å². The summed E-state index contributed by atoms with van der Waals surface area (Å²) in [6.45, 7) is 5.21. The lowest BCUT2D eigenvalue weighted by atomic mass is 9.98. The number of benzene rings is 1. The van der Waals surface area contributed by atoms with Crippen molar-refractivity contribution in [2.45, 2.75) is 32.7 Å². The number of nitrogen functional groups attached to an aromatic ring is 1. The molecule has 0 unspecified atom stereocenters. The molecule has 7 heteroatoms. The highest BCUT2D eigenvalue weighted by atomic mass is 35.5. The van der Waals surface area contributed by atoms with Gasteiger partial charge >= 0.3 is 5.97 Å². The summed E-state index contributed by atoms with van der Waals surface area (Å²) in [6, 6.07) is 2.82. The van der Waals surface area contributed by atoms with Gasteiger partial charge in [-0.2, -0.15) is 0 Å². The lowest BCUT2D eigenvalue weighted by Crippen LogP contribution is -2.51. The Morgan fingerprint density at radius 2 is 2.05 bits per heavy atom. The number of hydrogen-bond donors (Lipinski definition) is 3. The Morgan fingerprint density at radius 1 is 1.43 bits per heavy atom. The standard InChI is InChI=1S/C14H19ClN2O4/c1-4-14(3,13(19)20)17-12(18)8-6-9(15)10(16)7-11(8)21-5-2/h6-7H,4-5,16H2,1-3H3,(H,17,18)(H,19,20)/t14-/m0/s1. The number of aliphatic carboxylic acids is 1. The average Bonchev–Trinajstić information content (AvgIpc) is 2.42. The van der Waals surface area contributed by atoms with E-state index in [-0.39, 0.29) is 28.4 Å². The normalized spacial score (nSPS) is 13.3. The summed E-state index contributed by atoms with van der Waals surface area (Å²) in [6.07, 6.45) is 0.237. The van der Waals surface area contributed by atoms with Gasteiger partial charge in [-0.3, -0.25) is 4.79 Å². The zero-order valence-electron chi connectivity index (χ0n) is 12.2. The highest BCUT2D eigenvalue weighted by molar-refractivity contribution is 6.33. The molecule has 0 spiro atoms. The van der Waals surface area contributed by atoms with E-state index >= 15 is 0 Å². The van der Waals surface area contributed by atoms with Gasteiger partial charge in [0.05, 0.1) is 22.9 Å². The van der Waals surface area contributed by atoms with Crippen molar-refractivity contribution in [3.05, 3.63) is 22.7 Å². The van der Waals surface area contributed by atoms with Crippen molar-refractivity contribution in [1.82, 2.24) is 5.32 Å². The first kappa shape index (κ1) is 17.1. The topological polar surface area (TPSA) is 102 Å². The van der Waals surface area contributed by atoms with Crippen molar-refractivity contribution in [3.8, 4) is 5.75 Å². The number of halogens is 1. The molecule has 6 nitrogen and oxygen atoms in total. The van der Waals surface area contributed by atoms with E-state index in [4.69, 9.17) is 22.1 Å². The van der Waals surface area contributed by atoms with Crippen LogP contribution in [0.5, 0.6) is 5.75 Å². The fraction of sp³-hybridized carbons (Fsp3) is 0.429. The van der Waals surface area contributed by atoms with Crippen LogP contribution in [0, 0.1) is 0 Å². The molecule has 21 heavy (non-hydrogen) atoms. The number of ether oxygens (including phenoxy) is 1. The highest BCUT2D eigenvalue weighted by Crippen LogP contribution is 2.29. The number of carboxylic acids is 1. The van der Waals surface area contributed by atoms with Crippen LogP contribution < -0.4 is 15.8 Å². The number of carboxylic acid groups (broad SMARTS) is 1. The number of carbonyl (C=O) groups is 2. The first-order valence-corrected chi connectivity index (χ1v) is 6.90. The monoisotopic (exact) mass is 314 g/mol. The van der Waals surface area contributed by atoms with Gasteiger partial charge < -0.3 is 20.9 Å². The van der Waals surface area contributed by atoms with E-state index in [1.54, 1.807) is 13.8 Å². The van der Waals surface area contributed by atoms with E-state index in [2.05, 4.69) is 5.32 Å². The minimum absolute atomic E-state index is 0.150. The van der Waals surface area contributed by atoms with E-state index < -0.39 is 17.4 Å². The summed E-state index contributed by atoms with van der Waals surface area (Å²) in [5, 5.41) is 11.9. The molecular weight excluding hydrogens is 296 g/mol. The van der Waals surface area contributed by atoms with Crippen molar-refractivity contribution < 1.29 is 19.4 Å². The molecule has 0 aliphatic rings. The number of carbonyl (C=O) groups excluding carboxylic acids is 1. The van der Waals surface area contributed by atoms with Crippen LogP contribution >= 0.6 is 11.6 Å². The van der Waals surface area contributed by atoms with Gasteiger partial charge in [0.25, 0.3) is 5.91 Å². The molecule has 0 heterocycles. The van der Waals surface area contributed by atoms with Crippen molar-refractivity contribution in [1.29, 1.82) is 0 Å². The average molecular weight is 315 g/mol. The summed E-state index contributed by atoms with van der Waals surface area (Å²) in [5.41, 5.74) is 4.75. The maximum absolute atomic E-state index is 12.3. The second-order valence-corrected chi connectivity index (χ2v) is 5.16. The van der Waals surface area contributed by atoms with Gasteiger partial charge in [0.15, 0.2) is 0 Å². The Bertz CT molecular complexity index is 562. The Hall–Kier alpha value is -1.95. The summed E-state index contributed by atoms with van der Waals surface area (Å²) >= 11 is 5.92. The predicted octanol–water partition coefficient (Wildman–Crippen LogP) is 2.30. The van der Waals surface area contributed by atoms with Crippen molar-refractivity contribution >= 4 is 29.2 Å². The van der Waals surface area contributed by atoms with Gasteiger partial charge in [-0.05, 0) is 26.3 Å². The van der Waals surface area contributed by atoms with Gasteiger partial charge in [-0.15, -0.1) is 0 Å². The third-order valence-electron chi connectivity index (χ3n) is 3.21. The number of rotatable bonds is 6. The number of anilines is 1. The minimum atomic E-state index is -1.37. The first-order valence-electron chi connectivity index (χ1n) is 6.52. The second kappa shape index (κ2) is 6.67. The molecule has 1 aromatic carbocycles. The molecule has 1 amide bonds. The third-order valence-corrected chi connectivity index (χ3v) is 3.54. The molecule has 0 aromatic heterocycles. The maximum Gasteiger partial charge on any atom is 0.329 e. The number of nitrogens with two attached hydrogens (primary N) is 1. The Kier molecular flexibility index (Phi) is 5.43. The molecule has 0 fully saturated rings.